The fraction of sp³-hybridized carbons (Fsp3) is 0.0270. The van der Waals surface area contributed by atoms with Crippen LogP contribution >= 0.6 is 0 Å². The second-order valence-electron chi connectivity index (χ2n) is 10.1. The normalized spacial score (nSPS) is 11.1. The van der Waals surface area contributed by atoms with Gasteiger partial charge in [0.15, 0.2) is 5.75 Å². The molecule has 7 rings (SSSR count). The Labute approximate surface area is 246 Å². The number of aryl methyl sites for hydroxylation is 1. The van der Waals surface area contributed by atoms with Crippen LogP contribution in [0.2, 0.25) is 0 Å². The summed E-state index contributed by atoms with van der Waals surface area (Å²) in [6, 6.07) is 39.2. The van der Waals surface area contributed by atoms with Crippen molar-refractivity contribution in [1.82, 2.24) is 0 Å². The van der Waals surface area contributed by atoms with Gasteiger partial charge in [-0.3, -0.25) is 0 Å². The van der Waals surface area contributed by atoms with Gasteiger partial charge in [-0.1, -0.05) is 103 Å². The zero-order chi connectivity index (χ0) is 29.3. The summed E-state index contributed by atoms with van der Waals surface area (Å²) in [6.45, 7) is 1.90. The topological polar surface area (TPSA) is 71.1 Å². The van der Waals surface area contributed by atoms with Gasteiger partial charge < -0.3 is 18.9 Å². The first-order valence-corrected chi connectivity index (χ1v) is 13.7. The lowest BCUT2D eigenvalue weighted by Crippen LogP contribution is -2.16. The summed E-state index contributed by atoms with van der Waals surface area (Å²) in [5.74, 6) is 1.34. The van der Waals surface area contributed by atoms with Gasteiger partial charge in [0.05, 0.1) is 0 Å². The summed E-state index contributed by atoms with van der Waals surface area (Å²) < 4.78 is 22.9. The molecule has 6 heteroatoms. The third kappa shape index (κ3) is 5.06. The van der Waals surface area contributed by atoms with Crippen molar-refractivity contribution >= 4 is 55.4 Å². The van der Waals surface area contributed by atoms with Crippen molar-refractivity contribution < 1.29 is 28.5 Å². The molecule has 7 aromatic rings. The van der Waals surface area contributed by atoms with E-state index in [-0.39, 0.29) is 0 Å². The summed E-state index contributed by atoms with van der Waals surface area (Å²) in [5.41, 5.74) is 0.824. The minimum absolute atomic E-state index is 0.301. The largest absolute Gasteiger partial charge is 0.519 e. The molecule has 0 heterocycles. The van der Waals surface area contributed by atoms with Crippen LogP contribution in [0.5, 0.6) is 23.0 Å². The van der Waals surface area contributed by atoms with Gasteiger partial charge in [0.1, 0.15) is 17.2 Å². The lowest BCUT2D eigenvalue weighted by atomic mass is 9.97. The van der Waals surface area contributed by atoms with E-state index in [1.807, 2.05) is 97.9 Å². The minimum Gasteiger partial charge on any atom is -0.395 e. The molecule has 0 fully saturated rings. The Bertz CT molecular complexity index is 2200. The van der Waals surface area contributed by atoms with Crippen molar-refractivity contribution in [2.24, 2.45) is 0 Å². The molecule has 0 saturated heterocycles. The molecule has 0 aliphatic heterocycles. The summed E-state index contributed by atoms with van der Waals surface area (Å²) in [6.07, 6.45) is -1.76. The monoisotopic (exact) mass is 564 g/mol. The van der Waals surface area contributed by atoms with Crippen LogP contribution in [0, 0.1) is 6.92 Å². The molecule has 0 bridgehead atoms. The summed E-state index contributed by atoms with van der Waals surface area (Å²) in [5, 5.41) is 6.30. The number of fused-ring (bicyclic) bond motifs is 4. The van der Waals surface area contributed by atoms with Crippen molar-refractivity contribution in [3.63, 3.8) is 0 Å². The maximum absolute atomic E-state index is 13.1. The van der Waals surface area contributed by atoms with Crippen molar-refractivity contribution in [3.05, 3.63) is 133 Å². The first-order valence-electron chi connectivity index (χ1n) is 13.7. The van der Waals surface area contributed by atoms with Crippen LogP contribution in [0.1, 0.15) is 5.56 Å². The molecule has 0 aliphatic rings. The molecule has 0 atom stereocenters. The first-order chi connectivity index (χ1) is 21.0. The minimum atomic E-state index is -0.882. The predicted octanol–water partition coefficient (Wildman–Crippen LogP) is 9.76. The standard InChI is InChI=1S/C37H24O6/c1-23-9-8-16-32-33(23)35(43-37(39)41-29-20-18-25-11-3-5-13-27(25)22-29)31-15-7-6-14-30(31)34(32)42-36(38)40-28-19-17-24-10-2-4-12-26(24)21-28/h2-22H,1H3. The van der Waals surface area contributed by atoms with Gasteiger partial charge in [0.2, 0.25) is 0 Å². The van der Waals surface area contributed by atoms with E-state index >= 15 is 0 Å². The Morgan fingerprint density at radius 3 is 1.49 bits per heavy atom. The SMILES string of the molecule is Cc1cccc2c(OC(=O)Oc3ccc4ccccc4c3)c3ccccc3c(OC(=O)Oc3ccc4ccccc4c3)c12. The Morgan fingerprint density at radius 2 is 0.907 bits per heavy atom. The number of carbonyl (C=O) groups is 2. The molecular weight excluding hydrogens is 540 g/mol. The fourth-order valence-electron chi connectivity index (χ4n) is 5.40. The zero-order valence-electron chi connectivity index (χ0n) is 23.1. The molecule has 208 valence electrons. The highest BCUT2D eigenvalue weighted by molar-refractivity contribution is 6.13. The smallest absolute Gasteiger partial charge is 0.395 e. The van der Waals surface area contributed by atoms with E-state index < -0.39 is 12.3 Å². The number of carbonyl (C=O) groups excluding carboxylic acids is 2. The molecule has 0 N–H and O–H groups in total. The molecule has 0 aromatic heterocycles. The van der Waals surface area contributed by atoms with Crippen molar-refractivity contribution in [3.8, 4) is 23.0 Å². The average molecular weight is 565 g/mol. The van der Waals surface area contributed by atoms with Gasteiger partial charge in [0.25, 0.3) is 0 Å². The molecule has 0 unspecified atom stereocenters. The number of benzene rings is 7. The summed E-state index contributed by atoms with van der Waals surface area (Å²) >= 11 is 0. The molecule has 6 nitrogen and oxygen atoms in total. The van der Waals surface area contributed by atoms with Gasteiger partial charge in [-0.25, -0.2) is 9.59 Å². The molecule has 7 aromatic carbocycles. The first kappa shape index (κ1) is 26.0. The Hall–Kier alpha value is -5.88. The van der Waals surface area contributed by atoms with E-state index in [0.717, 1.165) is 27.1 Å². The third-order valence-corrected chi connectivity index (χ3v) is 7.38. The van der Waals surface area contributed by atoms with E-state index in [9.17, 15) is 9.59 Å². The molecule has 0 spiro atoms. The third-order valence-electron chi connectivity index (χ3n) is 7.38. The molecular formula is C37H24O6. The van der Waals surface area contributed by atoms with Crippen LogP contribution in [0.4, 0.5) is 9.59 Å². The fourth-order valence-corrected chi connectivity index (χ4v) is 5.40. The molecule has 0 saturated carbocycles. The van der Waals surface area contributed by atoms with E-state index in [1.54, 1.807) is 36.4 Å². The van der Waals surface area contributed by atoms with Crippen LogP contribution in [0.25, 0.3) is 43.1 Å². The second kappa shape index (κ2) is 10.8. The highest BCUT2D eigenvalue weighted by Gasteiger charge is 2.23. The Balaban J connectivity index is 1.24. The average Bonchev–Trinajstić information content (AvgIpc) is 3.02. The highest BCUT2D eigenvalue weighted by Crippen LogP contribution is 2.44. The van der Waals surface area contributed by atoms with E-state index in [0.29, 0.717) is 44.5 Å². The van der Waals surface area contributed by atoms with Crippen LogP contribution in [0.15, 0.2) is 127 Å². The van der Waals surface area contributed by atoms with Crippen LogP contribution in [-0.4, -0.2) is 12.3 Å². The summed E-state index contributed by atoms with van der Waals surface area (Å²) in [7, 11) is 0. The van der Waals surface area contributed by atoms with Crippen LogP contribution in [0.3, 0.4) is 0 Å². The van der Waals surface area contributed by atoms with Gasteiger partial charge in [0, 0.05) is 21.5 Å². The van der Waals surface area contributed by atoms with Gasteiger partial charge in [-0.05, 0) is 58.3 Å². The Morgan fingerprint density at radius 1 is 0.442 bits per heavy atom. The van der Waals surface area contributed by atoms with Gasteiger partial charge >= 0.3 is 12.3 Å². The van der Waals surface area contributed by atoms with Gasteiger partial charge in [-0.2, -0.15) is 0 Å². The predicted molar refractivity (Wildman–Crippen MR) is 167 cm³/mol. The van der Waals surface area contributed by atoms with Crippen LogP contribution in [-0.2, 0) is 0 Å². The Kier molecular flexibility index (Phi) is 6.56. The van der Waals surface area contributed by atoms with Crippen molar-refractivity contribution in [2.45, 2.75) is 6.92 Å². The van der Waals surface area contributed by atoms with Crippen LogP contribution < -0.4 is 18.9 Å². The number of hydrogen-bond acceptors (Lipinski definition) is 6. The second-order valence-corrected chi connectivity index (χ2v) is 10.1. The van der Waals surface area contributed by atoms with Crippen molar-refractivity contribution in [2.75, 3.05) is 0 Å². The maximum atomic E-state index is 13.1. The lowest BCUT2D eigenvalue weighted by Gasteiger charge is -2.17. The summed E-state index contributed by atoms with van der Waals surface area (Å²) in [4.78, 5) is 26.2. The highest BCUT2D eigenvalue weighted by atomic mass is 16.7. The number of hydrogen-bond donors (Lipinski definition) is 0. The molecule has 0 aliphatic carbocycles. The van der Waals surface area contributed by atoms with E-state index in [2.05, 4.69) is 0 Å². The van der Waals surface area contributed by atoms with Crippen molar-refractivity contribution in [1.29, 1.82) is 0 Å². The van der Waals surface area contributed by atoms with Gasteiger partial charge in [-0.15, -0.1) is 0 Å². The molecule has 0 radical (unpaired) electrons. The number of ether oxygens (including phenoxy) is 4. The maximum Gasteiger partial charge on any atom is 0.519 e. The number of rotatable bonds is 4. The van der Waals surface area contributed by atoms with E-state index in [1.165, 1.54) is 0 Å². The lowest BCUT2D eigenvalue weighted by molar-refractivity contribution is 0.151. The zero-order valence-corrected chi connectivity index (χ0v) is 23.1. The van der Waals surface area contributed by atoms with E-state index in [4.69, 9.17) is 18.9 Å². The quantitative estimate of drug-likeness (QED) is 0.120. The molecule has 0 amide bonds. The molecule has 43 heavy (non-hydrogen) atoms.